The number of hydrazone groups is 1. The van der Waals surface area contributed by atoms with Gasteiger partial charge in [0.25, 0.3) is 5.91 Å². The first-order chi connectivity index (χ1) is 15.0. The first-order valence-corrected chi connectivity index (χ1v) is 11.7. The van der Waals surface area contributed by atoms with E-state index in [0.717, 1.165) is 18.7 Å². The number of nitrogens with zero attached hydrogens (tertiary/aromatic N) is 3. The lowest BCUT2D eigenvalue weighted by Gasteiger charge is -2.25. The summed E-state index contributed by atoms with van der Waals surface area (Å²) in [6.45, 7) is 1.86. The van der Waals surface area contributed by atoms with Crippen LogP contribution in [0.25, 0.3) is 0 Å². The number of hydrogen-bond donors (Lipinski definition) is 1. The summed E-state index contributed by atoms with van der Waals surface area (Å²) in [6.07, 6.45) is 4.31. The molecule has 2 aliphatic heterocycles. The molecule has 170 valence electrons. The van der Waals surface area contributed by atoms with Gasteiger partial charge < -0.3 is 0 Å². The summed E-state index contributed by atoms with van der Waals surface area (Å²) in [5, 5.41) is 10.3. The highest BCUT2D eigenvalue weighted by molar-refractivity contribution is 6.40. The van der Waals surface area contributed by atoms with Gasteiger partial charge in [0.2, 0.25) is 0 Å². The maximum absolute atomic E-state index is 13.1. The molecule has 3 aliphatic rings. The minimum absolute atomic E-state index is 0. The van der Waals surface area contributed by atoms with E-state index in [2.05, 4.69) is 10.4 Å². The van der Waals surface area contributed by atoms with Crippen molar-refractivity contribution in [1.29, 1.82) is 0 Å². The van der Waals surface area contributed by atoms with Gasteiger partial charge in [-0.25, -0.2) is 5.01 Å². The molecule has 0 bridgehead atoms. The third-order valence-electron chi connectivity index (χ3n) is 6.57. The molecule has 0 spiro atoms. The van der Waals surface area contributed by atoms with Gasteiger partial charge in [-0.3, -0.25) is 15.2 Å². The van der Waals surface area contributed by atoms with E-state index in [4.69, 9.17) is 39.9 Å². The Hall–Kier alpha value is -1.50. The van der Waals surface area contributed by atoms with Crippen LogP contribution in [0, 0.1) is 11.8 Å². The number of hydrazine groups is 1. The van der Waals surface area contributed by atoms with Crippen molar-refractivity contribution in [3.8, 4) is 0 Å². The summed E-state index contributed by atoms with van der Waals surface area (Å²) in [5.41, 5.74) is 5.30. The highest BCUT2D eigenvalue weighted by Crippen LogP contribution is 2.40. The van der Waals surface area contributed by atoms with Crippen molar-refractivity contribution in [3.63, 3.8) is 0 Å². The molecule has 1 amide bonds. The summed E-state index contributed by atoms with van der Waals surface area (Å²) in [4.78, 5) is 13.1. The molecule has 0 radical (unpaired) electrons. The lowest BCUT2D eigenvalue weighted by molar-refractivity contribution is -0.119. The van der Waals surface area contributed by atoms with Gasteiger partial charge in [-0.05, 0) is 60.6 Å². The smallest absolute Gasteiger partial charge is 0.281 e. The molecule has 32 heavy (non-hydrogen) atoms. The van der Waals surface area contributed by atoms with Crippen molar-refractivity contribution >= 4 is 64.5 Å². The number of benzene rings is 2. The zero-order chi connectivity index (χ0) is 21.5. The molecule has 0 aromatic heterocycles. The average Bonchev–Trinajstić information content (AvgIpc) is 3.43. The molecule has 2 aromatic carbocycles. The van der Waals surface area contributed by atoms with Gasteiger partial charge >= 0.3 is 0 Å². The Morgan fingerprint density at radius 2 is 1.62 bits per heavy atom. The van der Waals surface area contributed by atoms with Crippen LogP contribution in [0.3, 0.4) is 0 Å². The first-order valence-electron chi connectivity index (χ1n) is 10.6. The molecular formula is C23H24Cl4N4O. The SMILES string of the molecule is Cl.O=C(NN1CC2CCCC2C1)C1=NN(c2ccc(Cl)cc2Cl)C(c2ccc(Cl)cc2)C1. The van der Waals surface area contributed by atoms with Crippen LogP contribution >= 0.6 is 47.2 Å². The van der Waals surface area contributed by atoms with Gasteiger partial charge in [-0.2, -0.15) is 5.10 Å². The number of anilines is 1. The van der Waals surface area contributed by atoms with Crippen molar-refractivity contribution in [2.45, 2.75) is 31.7 Å². The second kappa shape index (κ2) is 9.78. The van der Waals surface area contributed by atoms with Gasteiger partial charge in [0.1, 0.15) is 5.71 Å². The summed E-state index contributed by atoms with van der Waals surface area (Å²) in [7, 11) is 0. The van der Waals surface area contributed by atoms with Gasteiger partial charge in [-0.1, -0.05) is 53.4 Å². The molecule has 1 saturated heterocycles. The monoisotopic (exact) mass is 512 g/mol. The zero-order valence-corrected chi connectivity index (χ0v) is 20.4. The fourth-order valence-corrected chi connectivity index (χ4v) is 5.64. The van der Waals surface area contributed by atoms with E-state index < -0.39 is 0 Å². The maximum atomic E-state index is 13.1. The molecule has 2 fully saturated rings. The van der Waals surface area contributed by atoms with E-state index in [0.29, 0.717) is 44.7 Å². The maximum Gasteiger partial charge on any atom is 0.281 e. The Bertz CT molecular complexity index is 1020. The van der Waals surface area contributed by atoms with Crippen LogP contribution in [0.2, 0.25) is 15.1 Å². The van der Waals surface area contributed by atoms with E-state index >= 15 is 0 Å². The van der Waals surface area contributed by atoms with Gasteiger partial charge in [0.15, 0.2) is 0 Å². The zero-order valence-electron chi connectivity index (χ0n) is 17.3. The standard InChI is InChI=1S/C23H23Cl3N4O.ClH/c24-17-6-4-14(5-7-17)22-11-20(27-30(22)21-9-8-18(25)10-19(21)26)23(31)28-29-12-15-2-1-3-16(15)13-29;/h4-10,15-16,22H,1-3,11-13H2,(H,28,31);1H. The fraction of sp³-hybridized carbons (Fsp3) is 0.391. The first kappa shape index (κ1) is 23.7. The van der Waals surface area contributed by atoms with E-state index in [1.54, 1.807) is 12.1 Å². The predicted molar refractivity (Wildman–Crippen MR) is 133 cm³/mol. The Morgan fingerprint density at radius 1 is 0.969 bits per heavy atom. The number of fused-ring (bicyclic) bond motifs is 1. The minimum atomic E-state index is -0.158. The molecular weight excluding hydrogens is 490 g/mol. The highest BCUT2D eigenvalue weighted by Gasteiger charge is 2.38. The minimum Gasteiger partial charge on any atom is -0.284 e. The van der Waals surface area contributed by atoms with E-state index in [1.807, 2.05) is 35.3 Å². The number of halogens is 4. The number of carbonyl (C=O) groups excluding carboxylic acids is 1. The molecule has 3 atom stereocenters. The molecule has 2 heterocycles. The van der Waals surface area contributed by atoms with Crippen LogP contribution in [0.15, 0.2) is 47.6 Å². The van der Waals surface area contributed by atoms with Crippen LogP contribution in [0.4, 0.5) is 5.69 Å². The highest BCUT2D eigenvalue weighted by atomic mass is 35.5. The lowest BCUT2D eigenvalue weighted by atomic mass is 10.0. The fourth-order valence-electron chi connectivity index (χ4n) is 5.02. The summed E-state index contributed by atoms with van der Waals surface area (Å²) >= 11 is 18.6. The van der Waals surface area contributed by atoms with Crippen molar-refractivity contribution in [2.75, 3.05) is 18.1 Å². The lowest BCUT2D eigenvalue weighted by Crippen LogP contribution is -2.44. The number of hydrogen-bond acceptors (Lipinski definition) is 4. The second-order valence-electron chi connectivity index (χ2n) is 8.56. The normalized spacial score (nSPS) is 24.8. The van der Waals surface area contributed by atoms with Crippen molar-refractivity contribution in [3.05, 3.63) is 63.1 Å². The molecule has 5 nitrogen and oxygen atoms in total. The number of amides is 1. The average molecular weight is 514 g/mol. The summed E-state index contributed by atoms with van der Waals surface area (Å²) in [5.74, 6) is 1.26. The number of rotatable bonds is 4. The van der Waals surface area contributed by atoms with Crippen molar-refractivity contribution < 1.29 is 4.79 Å². The second-order valence-corrected chi connectivity index (χ2v) is 9.84. The van der Waals surface area contributed by atoms with Crippen LogP contribution in [0.5, 0.6) is 0 Å². The van der Waals surface area contributed by atoms with E-state index in [-0.39, 0.29) is 24.4 Å². The molecule has 2 aromatic rings. The molecule has 9 heteroatoms. The number of carbonyl (C=O) groups is 1. The van der Waals surface area contributed by atoms with Gasteiger partial charge in [0, 0.05) is 29.6 Å². The Labute approximate surface area is 209 Å². The Morgan fingerprint density at radius 3 is 2.28 bits per heavy atom. The summed E-state index contributed by atoms with van der Waals surface area (Å²) < 4.78 is 0. The molecule has 3 unspecified atom stereocenters. The quantitative estimate of drug-likeness (QED) is 0.534. The van der Waals surface area contributed by atoms with Gasteiger partial charge in [-0.15, -0.1) is 12.4 Å². The predicted octanol–water partition coefficient (Wildman–Crippen LogP) is 6.14. The van der Waals surface area contributed by atoms with E-state index in [1.165, 1.54) is 19.3 Å². The van der Waals surface area contributed by atoms with Crippen molar-refractivity contribution in [1.82, 2.24) is 10.4 Å². The largest absolute Gasteiger partial charge is 0.284 e. The molecule has 1 saturated carbocycles. The van der Waals surface area contributed by atoms with Gasteiger partial charge in [0.05, 0.1) is 16.8 Å². The molecule has 5 rings (SSSR count). The molecule has 1 aliphatic carbocycles. The topological polar surface area (TPSA) is 47.9 Å². The van der Waals surface area contributed by atoms with Crippen molar-refractivity contribution in [2.24, 2.45) is 16.9 Å². The van der Waals surface area contributed by atoms with Crippen LogP contribution in [-0.4, -0.2) is 29.7 Å². The van der Waals surface area contributed by atoms with Crippen LogP contribution in [-0.2, 0) is 4.79 Å². The van der Waals surface area contributed by atoms with Crippen LogP contribution in [0.1, 0.15) is 37.3 Å². The Kier molecular flexibility index (Phi) is 7.23. The van der Waals surface area contributed by atoms with E-state index in [9.17, 15) is 4.79 Å². The van der Waals surface area contributed by atoms with Crippen LogP contribution < -0.4 is 10.4 Å². The summed E-state index contributed by atoms with van der Waals surface area (Å²) in [6, 6.07) is 12.8. The Balaban J connectivity index is 0.00000245. The number of nitrogens with one attached hydrogen (secondary N) is 1. The third-order valence-corrected chi connectivity index (χ3v) is 7.36. The third kappa shape index (κ3) is 4.73. The molecule has 1 N–H and O–H groups in total.